The van der Waals surface area contributed by atoms with Crippen LogP contribution in [0.1, 0.15) is 25.3 Å². The Hall–Kier alpha value is -1.14. The molecule has 1 aromatic rings. The van der Waals surface area contributed by atoms with E-state index in [0.717, 1.165) is 18.7 Å². The zero-order valence-corrected chi connectivity index (χ0v) is 15.1. The predicted molar refractivity (Wildman–Crippen MR) is 95.4 cm³/mol. The zero-order valence-electron chi connectivity index (χ0n) is 14.3. The van der Waals surface area contributed by atoms with Crippen LogP contribution in [0.3, 0.4) is 0 Å². The highest BCUT2D eigenvalue weighted by Gasteiger charge is 2.40. The Kier molecular flexibility index (Phi) is 5.76. The summed E-state index contributed by atoms with van der Waals surface area (Å²) in [7, 11) is 0. The SMILES string of the molecule is CC(C)NC[C@@H](C(=O)N1C2CNCC1COC2)c1ccc(Cl)cc1. The number of carbonyl (C=O) groups excluding carboxylic acids is 1. The van der Waals surface area contributed by atoms with Gasteiger partial charge in [-0.15, -0.1) is 0 Å². The number of fused-ring (bicyclic) bond motifs is 2. The average molecular weight is 352 g/mol. The average Bonchev–Trinajstić information content (AvgIpc) is 2.55. The van der Waals surface area contributed by atoms with E-state index in [2.05, 4.69) is 29.4 Å². The van der Waals surface area contributed by atoms with Crippen molar-refractivity contribution in [2.75, 3.05) is 32.8 Å². The van der Waals surface area contributed by atoms with Crippen LogP contribution in [0.5, 0.6) is 0 Å². The van der Waals surface area contributed by atoms with E-state index in [-0.39, 0.29) is 23.9 Å². The van der Waals surface area contributed by atoms with Crippen LogP contribution < -0.4 is 10.6 Å². The summed E-state index contributed by atoms with van der Waals surface area (Å²) in [6, 6.07) is 8.21. The molecule has 3 rings (SSSR count). The predicted octanol–water partition coefficient (Wildman–Crippen LogP) is 1.62. The highest BCUT2D eigenvalue weighted by Crippen LogP contribution is 2.26. The number of rotatable bonds is 5. The topological polar surface area (TPSA) is 53.6 Å². The van der Waals surface area contributed by atoms with Crippen LogP contribution in [0.25, 0.3) is 0 Å². The Morgan fingerprint density at radius 1 is 1.29 bits per heavy atom. The molecule has 0 radical (unpaired) electrons. The first-order valence-electron chi connectivity index (χ1n) is 8.65. The molecule has 2 heterocycles. The van der Waals surface area contributed by atoms with Gasteiger partial charge < -0.3 is 20.3 Å². The van der Waals surface area contributed by atoms with Crippen LogP contribution >= 0.6 is 11.6 Å². The smallest absolute Gasteiger partial charge is 0.232 e. The number of carbonyl (C=O) groups is 1. The molecule has 0 spiro atoms. The van der Waals surface area contributed by atoms with Gasteiger partial charge in [-0.25, -0.2) is 0 Å². The molecule has 2 fully saturated rings. The van der Waals surface area contributed by atoms with Crippen molar-refractivity contribution in [3.05, 3.63) is 34.9 Å². The molecule has 0 saturated carbocycles. The van der Waals surface area contributed by atoms with Gasteiger partial charge in [-0.2, -0.15) is 0 Å². The van der Waals surface area contributed by atoms with Crippen LogP contribution in [-0.2, 0) is 9.53 Å². The minimum absolute atomic E-state index is 0.124. The molecule has 2 bridgehead atoms. The van der Waals surface area contributed by atoms with Gasteiger partial charge in [0.05, 0.1) is 31.2 Å². The Balaban J connectivity index is 1.83. The molecular formula is C18H26ClN3O2. The van der Waals surface area contributed by atoms with Gasteiger partial charge in [0.2, 0.25) is 5.91 Å². The molecular weight excluding hydrogens is 326 g/mol. The number of ether oxygens (including phenoxy) is 1. The molecule has 2 aliphatic rings. The zero-order chi connectivity index (χ0) is 17.1. The standard InChI is InChI=1S/C18H26ClN3O2/c1-12(2)21-9-17(13-3-5-14(19)6-4-13)18(23)22-15-7-20-8-16(22)11-24-10-15/h3-6,12,15-17,20-21H,7-11H2,1-2H3/t15?,16?,17-/m1/s1. The fraction of sp³-hybridized carbons (Fsp3) is 0.611. The van der Waals surface area contributed by atoms with E-state index < -0.39 is 0 Å². The van der Waals surface area contributed by atoms with E-state index in [0.29, 0.717) is 30.8 Å². The largest absolute Gasteiger partial charge is 0.377 e. The molecule has 2 aliphatic heterocycles. The van der Waals surface area contributed by atoms with E-state index in [9.17, 15) is 4.79 Å². The normalized spacial score (nSPS) is 24.9. The monoisotopic (exact) mass is 351 g/mol. The summed E-state index contributed by atoms with van der Waals surface area (Å²) in [6.45, 7) is 7.64. The third-order valence-electron chi connectivity index (χ3n) is 4.72. The van der Waals surface area contributed by atoms with Gasteiger partial charge in [-0.1, -0.05) is 37.6 Å². The fourth-order valence-electron chi connectivity index (χ4n) is 3.47. The van der Waals surface area contributed by atoms with Gasteiger partial charge in [0.1, 0.15) is 0 Å². The maximum absolute atomic E-state index is 13.4. The Bertz CT molecular complexity index is 542. The molecule has 6 heteroatoms. The van der Waals surface area contributed by atoms with Gasteiger partial charge >= 0.3 is 0 Å². The number of morpholine rings is 1. The van der Waals surface area contributed by atoms with Crippen LogP contribution in [-0.4, -0.2) is 61.8 Å². The van der Waals surface area contributed by atoms with E-state index in [1.807, 2.05) is 24.3 Å². The molecule has 0 aliphatic carbocycles. The number of nitrogens with one attached hydrogen (secondary N) is 2. The van der Waals surface area contributed by atoms with E-state index in [1.165, 1.54) is 0 Å². The summed E-state index contributed by atoms with van der Waals surface area (Å²) in [5, 5.41) is 7.51. The lowest BCUT2D eigenvalue weighted by Crippen LogP contribution is -2.66. The van der Waals surface area contributed by atoms with Crippen LogP contribution in [0.4, 0.5) is 0 Å². The molecule has 1 aromatic carbocycles. The maximum Gasteiger partial charge on any atom is 0.232 e. The molecule has 24 heavy (non-hydrogen) atoms. The van der Waals surface area contributed by atoms with Crippen molar-refractivity contribution in [1.29, 1.82) is 0 Å². The summed E-state index contributed by atoms with van der Waals surface area (Å²) < 4.78 is 5.65. The second-order valence-corrected chi connectivity index (χ2v) is 7.35. The van der Waals surface area contributed by atoms with Crippen molar-refractivity contribution in [2.45, 2.75) is 37.9 Å². The molecule has 5 nitrogen and oxygen atoms in total. The van der Waals surface area contributed by atoms with Crippen molar-refractivity contribution in [1.82, 2.24) is 15.5 Å². The van der Waals surface area contributed by atoms with Gasteiger partial charge in [0.25, 0.3) is 0 Å². The molecule has 1 amide bonds. The minimum Gasteiger partial charge on any atom is -0.377 e. The Morgan fingerprint density at radius 2 is 1.92 bits per heavy atom. The second kappa shape index (κ2) is 7.83. The van der Waals surface area contributed by atoms with Crippen molar-refractivity contribution in [2.24, 2.45) is 0 Å². The Morgan fingerprint density at radius 3 is 2.50 bits per heavy atom. The number of nitrogens with zero attached hydrogens (tertiary/aromatic N) is 1. The highest BCUT2D eigenvalue weighted by molar-refractivity contribution is 6.30. The van der Waals surface area contributed by atoms with Crippen LogP contribution in [0.15, 0.2) is 24.3 Å². The summed E-state index contributed by atoms with van der Waals surface area (Å²) in [6.07, 6.45) is 0. The summed E-state index contributed by atoms with van der Waals surface area (Å²) in [4.78, 5) is 15.4. The van der Waals surface area contributed by atoms with Crippen molar-refractivity contribution < 1.29 is 9.53 Å². The summed E-state index contributed by atoms with van der Waals surface area (Å²) >= 11 is 6.01. The molecule has 132 valence electrons. The number of hydrogen-bond donors (Lipinski definition) is 2. The minimum atomic E-state index is -0.203. The number of benzene rings is 1. The first kappa shape index (κ1) is 17.7. The Labute approximate surface area is 148 Å². The van der Waals surface area contributed by atoms with Crippen molar-refractivity contribution in [3.8, 4) is 0 Å². The maximum atomic E-state index is 13.4. The van der Waals surface area contributed by atoms with E-state index >= 15 is 0 Å². The highest BCUT2D eigenvalue weighted by atomic mass is 35.5. The number of halogens is 1. The van der Waals surface area contributed by atoms with Crippen LogP contribution in [0.2, 0.25) is 5.02 Å². The molecule has 2 unspecified atom stereocenters. The number of amides is 1. The van der Waals surface area contributed by atoms with Crippen LogP contribution in [0, 0.1) is 0 Å². The van der Waals surface area contributed by atoms with Crippen molar-refractivity contribution in [3.63, 3.8) is 0 Å². The lowest BCUT2D eigenvalue weighted by molar-refractivity contribution is -0.150. The lowest BCUT2D eigenvalue weighted by atomic mass is 9.94. The number of piperazine rings is 1. The third kappa shape index (κ3) is 3.91. The van der Waals surface area contributed by atoms with Gasteiger partial charge in [-0.05, 0) is 17.7 Å². The van der Waals surface area contributed by atoms with E-state index in [1.54, 1.807) is 0 Å². The fourth-order valence-corrected chi connectivity index (χ4v) is 3.59. The third-order valence-corrected chi connectivity index (χ3v) is 4.97. The van der Waals surface area contributed by atoms with Gasteiger partial charge in [0.15, 0.2) is 0 Å². The van der Waals surface area contributed by atoms with E-state index in [4.69, 9.17) is 16.3 Å². The second-order valence-electron chi connectivity index (χ2n) is 6.92. The van der Waals surface area contributed by atoms with Gasteiger partial charge in [-0.3, -0.25) is 4.79 Å². The first-order chi connectivity index (χ1) is 11.6. The summed E-state index contributed by atoms with van der Waals surface area (Å²) in [5.74, 6) is -0.0175. The first-order valence-corrected chi connectivity index (χ1v) is 9.03. The molecule has 2 saturated heterocycles. The van der Waals surface area contributed by atoms with Crippen molar-refractivity contribution >= 4 is 17.5 Å². The quantitative estimate of drug-likeness (QED) is 0.846. The molecule has 3 atom stereocenters. The van der Waals surface area contributed by atoms with Gasteiger partial charge in [0, 0.05) is 30.7 Å². The number of hydrogen-bond acceptors (Lipinski definition) is 4. The summed E-state index contributed by atoms with van der Waals surface area (Å²) in [5.41, 5.74) is 1.01. The molecule has 0 aromatic heterocycles. The lowest BCUT2D eigenvalue weighted by Gasteiger charge is -2.47. The molecule has 2 N–H and O–H groups in total.